The van der Waals surface area contributed by atoms with Crippen LogP contribution in [0.25, 0.3) is 0 Å². The first-order valence-electron chi connectivity index (χ1n) is 5.62. The molecule has 1 unspecified atom stereocenters. The largest absolute Gasteiger partial charge is 0.378 e. The summed E-state index contributed by atoms with van der Waals surface area (Å²) in [5, 5.41) is 0. The second-order valence-electron chi connectivity index (χ2n) is 4.15. The number of Topliss-reactive ketones (excluding diaryl/α,β-unsaturated/α-hetero) is 1. The van der Waals surface area contributed by atoms with Gasteiger partial charge < -0.3 is 4.74 Å². The normalized spacial score (nSPS) is 19.9. The molecule has 0 bridgehead atoms. The fourth-order valence-electron chi connectivity index (χ4n) is 1.99. The van der Waals surface area contributed by atoms with E-state index in [0.717, 1.165) is 19.4 Å². The van der Waals surface area contributed by atoms with Gasteiger partial charge in [0.15, 0.2) is 0 Å². The van der Waals surface area contributed by atoms with Crippen molar-refractivity contribution >= 4 is 5.78 Å². The van der Waals surface area contributed by atoms with E-state index in [1.165, 1.54) is 6.07 Å². The number of ether oxygens (including phenoxy) is 1. The van der Waals surface area contributed by atoms with Gasteiger partial charge in [0.1, 0.15) is 11.6 Å². The van der Waals surface area contributed by atoms with Crippen LogP contribution in [0.5, 0.6) is 0 Å². The zero-order valence-electron chi connectivity index (χ0n) is 9.12. The molecule has 1 aromatic rings. The molecule has 2 nitrogen and oxygen atoms in total. The van der Waals surface area contributed by atoms with Gasteiger partial charge in [0.2, 0.25) is 0 Å². The Balaban J connectivity index is 1.89. The first-order chi connectivity index (χ1) is 7.75. The summed E-state index contributed by atoms with van der Waals surface area (Å²) in [6, 6.07) is 6.42. The van der Waals surface area contributed by atoms with E-state index in [0.29, 0.717) is 12.0 Å². The molecule has 2 rings (SSSR count). The van der Waals surface area contributed by atoms with Crippen molar-refractivity contribution < 1.29 is 13.9 Å². The highest BCUT2D eigenvalue weighted by Gasteiger charge is 2.19. The van der Waals surface area contributed by atoms with E-state index in [2.05, 4.69) is 0 Å². The second-order valence-corrected chi connectivity index (χ2v) is 4.15. The third kappa shape index (κ3) is 2.89. The van der Waals surface area contributed by atoms with Crippen molar-refractivity contribution in [1.29, 1.82) is 0 Å². The summed E-state index contributed by atoms with van der Waals surface area (Å²) in [6.07, 6.45) is 2.61. The fourth-order valence-corrected chi connectivity index (χ4v) is 1.99. The molecule has 0 spiro atoms. The first-order valence-corrected chi connectivity index (χ1v) is 5.62. The highest BCUT2D eigenvalue weighted by atomic mass is 19.1. The molecule has 1 aliphatic heterocycles. The number of rotatable bonds is 4. The number of hydrogen-bond acceptors (Lipinski definition) is 2. The maximum absolute atomic E-state index is 13.3. The van der Waals surface area contributed by atoms with Gasteiger partial charge in [-0.1, -0.05) is 18.2 Å². The van der Waals surface area contributed by atoms with Gasteiger partial charge in [-0.25, -0.2) is 4.39 Å². The van der Waals surface area contributed by atoms with Gasteiger partial charge >= 0.3 is 0 Å². The van der Waals surface area contributed by atoms with Crippen molar-refractivity contribution in [2.75, 3.05) is 6.61 Å². The van der Waals surface area contributed by atoms with Gasteiger partial charge in [-0.3, -0.25) is 4.79 Å². The summed E-state index contributed by atoms with van der Waals surface area (Å²) in [5.41, 5.74) is 0.477. The van der Waals surface area contributed by atoms with Gasteiger partial charge in [-0.15, -0.1) is 0 Å². The molecule has 1 aromatic carbocycles. The lowest BCUT2D eigenvalue weighted by Crippen LogP contribution is -2.14. The Kier molecular flexibility index (Phi) is 3.67. The molecule has 0 aromatic heterocycles. The van der Waals surface area contributed by atoms with Crippen LogP contribution in [-0.4, -0.2) is 18.5 Å². The summed E-state index contributed by atoms with van der Waals surface area (Å²) in [6.45, 7) is 0.748. The first kappa shape index (κ1) is 11.3. The Bertz CT molecular complexity index is 370. The van der Waals surface area contributed by atoms with Crippen LogP contribution < -0.4 is 0 Å². The Morgan fingerprint density at radius 1 is 1.44 bits per heavy atom. The van der Waals surface area contributed by atoms with Crippen molar-refractivity contribution in [3.05, 3.63) is 35.6 Å². The zero-order valence-corrected chi connectivity index (χ0v) is 9.12. The lowest BCUT2D eigenvalue weighted by molar-refractivity contribution is -0.120. The molecule has 16 heavy (non-hydrogen) atoms. The Morgan fingerprint density at radius 2 is 2.25 bits per heavy atom. The van der Waals surface area contributed by atoms with Crippen LogP contribution in [0, 0.1) is 5.82 Å². The molecule has 0 saturated carbocycles. The maximum Gasteiger partial charge on any atom is 0.139 e. The van der Waals surface area contributed by atoms with Crippen molar-refractivity contribution in [2.24, 2.45) is 0 Å². The van der Waals surface area contributed by atoms with Gasteiger partial charge in [0.05, 0.1) is 6.10 Å². The number of halogens is 1. The van der Waals surface area contributed by atoms with Crippen LogP contribution >= 0.6 is 0 Å². The van der Waals surface area contributed by atoms with Crippen LogP contribution in [0.15, 0.2) is 24.3 Å². The summed E-state index contributed by atoms with van der Waals surface area (Å²) >= 11 is 0. The van der Waals surface area contributed by atoms with Crippen LogP contribution in [0.4, 0.5) is 4.39 Å². The average molecular weight is 222 g/mol. The molecule has 0 radical (unpaired) electrons. The van der Waals surface area contributed by atoms with Gasteiger partial charge in [-0.05, 0) is 24.5 Å². The van der Waals surface area contributed by atoms with Crippen LogP contribution in [0.2, 0.25) is 0 Å². The monoisotopic (exact) mass is 222 g/mol. The predicted octanol–water partition coefficient (Wildman–Crippen LogP) is 2.51. The van der Waals surface area contributed by atoms with Crippen molar-refractivity contribution in [1.82, 2.24) is 0 Å². The Hall–Kier alpha value is -1.22. The van der Waals surface area contributed by atoms with E-state index < -0.39 is 0 Å². The van der Waals surface area contributed by atoms with E-state index in [4.69, 9.17) is 4.74 Å². The van der Waals surface area contributed by atoms with E-state index in [1.807, 2.05) is 0 Å². The minimum absolute atomic E-state index is 0.0528. The topological polar surface area (TPSA) is 26.3 Å². The van der Waals surface area contributed by atoms with Gasteiger partial charge in [-0.2, -0.15) is 0 Å². The van der Waals surface area contributed by atoms with E-state index >= 15 is 0 Å². The summed E-state index contributed by atoms with van der Waals surface area (Å²) in [7, 11) is 0. The molecular weight excluding hydrogens is 207 g/mol. The molecule has 1 atom stereocenters. The number of carbonyl (C=O) groups is 1. The number of carbonyl (C=O) groups excluding carboxylic acids is 1. The highest BCUT2D eigenvalue weighted by molar-refractivity contribution is 5.81. The molecule has 0 amide bonds. The lowest BCUT2D eigenvalue weighted by atomic mass is 10.0. The molecule has 0 aliphatic carbocycles. The molecular formula is C13H15FO2. The fraction of sp³-hybridized carbons (Fsp3) is 0.462. The molecule has 1 aliphatic rings. The van der Waals surface area contributed by atoms with Gasteiger partial charge in [0, 0.05) is 19.4 Å². The maximum atomic E-state index is 13.3. The molecule has 1 heterocycles. The smallest absolute Gasteiger partial charge is 0.139 e. The standard InChI is InChI=1S/C13H15FO2/c14-13-6-2-1-4-10(13)8-11(15)9-12-5-3-7-16-12/h1-2,4,6,12H,3,5,7-9H2. The van der Waals surface area contributed by atoms with Crippen molar-refractivity contribution in [3.8, 4) is 0 Å². The Labute approximate surface area is 94.4 Å². The van der Waals surface area contributed by atoms with E-state index in [-0.39, 0.29) is 24.1 Å². The SMILES string of the molecule is O=C(Cc1ccccc1F)CC1CCCO1. The lowest BCUT2D eigenvalue weighted by Gasteiger charge is -2.08. The third-order valence-corrected chi connectivity index (χ3v) is 2.82. The second kappa shape index (κ2) is 5.21. The third-order valence-electron chi connectivity index (χ3n) is 2.82. The van der Waals surface area contributed by atoms with Crippen LogP contribution in [-0.2, 0) is 16.0 Å². The molecule has 3 heteroatoms. The molecule has 1 fully saturated rings. The number of benzene rings is 1. The van der Waals surface area contributed by atoms with E-state index in [1.54, 1.807) is 18.2 Å². The minimum Gasteiger partial charge on any atom is -0.378 e. The minimum atomic E-state index is -0.303. The van der Waals surface area contributed by atoms with Crippen LogP contribution in [0.1, 0.15) is 24.8 Å². The molecule has 0 N–H and O–H groups in total. The number of hydrogen-bond donors (Lipinski definition) is 0. The number of ketones is 1. The summed E-state index contributed by atoms with van der Waals surface area (Å²) < 4.78 is 18.7. The summed E-state index contributed by atoms with van der Waals surface area (Å²) in [4.78, 5) is 11.7. The van der Waals surface area contributed by atoms with E-state index in [9.17, 15) is 9.18 Å². The zero-order chi connectivity index (χ0) is 11.4. The quantitative estimate of drug-likeness (QED) is 0.782. The molecule has 86 valence electrons. The highest BCUT2D eigenvalue weighted by Crippen LogP contribution is 2.17. The van der Waals surface area contributed by atoms with Gasteiger partial charge in [0.25, 0.3) is 0 Å². The van der Waals surface area contributed by atoms with Crippen molar-refractivity contribution in [3.63, 3.8) is 0 Å². The van der Waals surface area contributed by atoms with Crippen molar-refractivity contribution in [2.45, 2.75) is 31.8 Å². The summed E-state index contributed by atoms with van der Waals surface area (Å²) in [5.74, 6) is -0.250. The Morgan fingerprint density at radius 3 is 2.94 bits per heavy atom. The van der Waals surface area contributed by atoms with Crippen LogP contribution in [0.3, 0.4) is 0 Å². The molecule has 1 saturated heterocycles. The average Bonchev–Trinajstić information content (AvgIpc) is 2.74. The predicted molar refractivity (Wildman–Crippen MR) is 58.7 cm³/mol.